The molecule has 0 aliphatic rings. The molecule has 0 saturated heterocycles. The van der Waals surface area contributed by atoms with E-state index in [0.29, 0.717) is 12.3 Å². The zero-order chi connectivity index (χ0) is 13.7. The number of methoxy groups -OCH3 is 1. The highest BCUT2D eigenvalue weighted by atomic mass is 32.2. The van der Waals surface area contributed by atoms with Crippen molar-refractivity contribution < 1.29 is 9.84 Å². The van der Waals surface area contributed by atoms with E-state index in [9.17, 15) is 5.11 Å². The average Bonchev–Trinajstić information content (AvgIpc) is 2.46. The van der Waals surface area contributed by atoms with Crippen molar-refractivity contribution in [1.82, 2.24) is 0 Å². The van der Waals surface area contributed by atoms with E-state index in [-0.39, 0.29) is 5.75 Å². The molecule has 0 aromatic heterocycles. The summed E-state index contributed by atoms with van der Waals surface area (Å²) in [6, 6.07) is 13.7. The Morgan fingerprint density at radius 1 is 1.21 bits per heavy atom. The molecule has 0 radical (unpaired) electrons. The van der Waals surface area contributed by atoms with Gasteiger partial charge in [-0.05, 0) is 30.5 Å². The van der Waals surface area contributed by atoms with Crippen LogP contribution in [0.25, 0.3) is 0 Å². The molecule has 2 N–H and O–H groups in total. The average molecular weight is 275 g/mol. The molecule has 100 valence electrons. The lowest BCUT2D eigenvalue weighted by Gasteiger charge is -2.11. The first-order valence-electron chi connectivity index (χ1n) is 5.97. The van der Waals surface area contributed by atoms with E-state index < -0.39 is 0 Å². The van der Waals surface area contributed by atoms with E-state index in [0.717, 1.165) is 11.3 Å². The van der Waals surface area contributed by atoms with Crippen molar-refractivity contribution in [3.8, 4) is 11.5 Å². The molecule has 19 heavy (non-hydrogen) atoms. The SMILES string of the molecule is COc1cccc(CNc2cccc(SC)c2)c1O. The van der Waals surface area contributed by atoms with Gasteiger partial charge in [0.25, 0.3) is 0 Å². The van der Waals surface area contributed by atoms with E-state index in [2.05, 4.69) is 17.4 Å². The highest BCUT2D eigenvalue weighted by molar-refractivity contribution is 7.98. The molecule has 0 aliphatic carbocycles. The second-order valence-corrected chi connectivity index (χ2v) is 4.93. The molecule has 2 aromatic carbocycles. The van der Waals surface area contributed by atoms with Crippen LogP contribution in [0.3, 0.4) is 0 Å². The van der Waals surface area contributed by atoms with Crippen molar-refractivity contribution in [2.45, 2.75) is 11.4 Å². The Kier molecular flexibility index (Phi) is 4.58. The molecule has 0 saturated carbocycles. The molecule has 3 nitrogen and oxygen atoms in total. The summed E-state index contributed by atoms with van der Waals surface area (Å²) < 4.78 is 5.09. The summed E-state index contributed by atoms with van der Waals surface area (Å²) in [6.07, 6.45) is 2.05. The lowest BCUT2D eigenvalue weighted by Crippen LogP contribution is -2.00. The number of nitrogens with one attached hydrogen (secondary N) is 1. The third-order valence-corrected chi connectivity index (χ3v) is 3.58. The summed E-state index contributed by atoms with van der Waals surface area (Å²) in [5.41, 5.74) is 1.85. The fraction of sp³-hybridized carbons (Fsp3) is 0.200. The van der Waals surface area contributed by atoms with Crippen LogP contribution in [0, 0.1) is 0 Å². The van der Waals surface area contributed by atoms with Gasteiger partial charge in [0, 0.05) is 22.7 Å². The van der Waals surface area contributed by atoms with Gasteiger partial charge in [-0.25, -0.2) is 0 Å². The molecule has 0 aliphatic heterocycles. The van der Waals surface area contributed by atoms with Gasteiger partial charge in [-0.1, -0.05) is 18.2 Å². The van der Waals surface area contributed by atoms with E-state index >= 15 is 0 Å². The highest BCUT2D eigenvalue weighted by Crippen LogP contribution is 2.30. The fourth-order valence-corrected chi connectivity index (χ4v) is 2.26. The Morgan fingerprint density at radius 3 is 2.74 bits per heavy atom. The monoisotopic (exact) mass is 275 g/mol. The second kappa shape index (κ2) is 6.38. The Hall–Kier alpha value is -1.81. The molecular weight excluding hydrogens is 258 g/mol. The molecule has 0 bridgehead atoms. The van der Waals surface area contributed by atoms with Crippen LogP contribution >= 0.6 is 11.8 Å². The predicted octanol–water partition coefficient (Wildman–Crippen LogP) is 3.73. The minimum Gasteiger partial charge on any atom is -0.504 e. The van der Waals surface area contributed by atoms with Crippen molar-refractivity contribution in [3.63, 3.8) is 0 Å². The molecule has 4 heteroatoms. The van der Waals surface area contributed by atoms with Crippen molar-refractivity contribution in [2.75, 3.05) is 18.7 Å². The number of ether oxygens (including phenoxy) is 1. The summed E-state index contributed by atoms with van der Waals surface area (Å²) in [5.74, 6) is 0.690. The van der Waals surface area contributed by atoms with Crippen molar-refractivity contribution in [3.05, 3.63) is 48.0 Å². The van der Waals surface area contributed by atoms with Crippen LogP contribution in [0.15, 0.2) is 47.4 Å². The predicted molar refractivity (Wildman–Crippen MR) is 80.2 cm³/mol. The zero-order valence-electron chi connectivity index (χ0n) is 11.0. The van der Waals surface area contributed by atoms with Crippen molar-refractivity contribution in [2.24, 2.45) is 0 Å². The first-order valence-corrected chi connectivity index (χ1v) is 7.20. The van der Waals surface area contributed by atoms with Crippen molar-refractivity contribution in [1.29, 1.82) is 0 Å². The molecule has 2 rings (SSSR count). The summed E-state index contributed by atoms with van der Waals surface area (Å²) in [6.45, 7) is 0.556. The number of para-hydroxylation sites is 1. The molecule has 0 heterocycles. The number of rotatable bonds is 5. The first-order chi connectivity index (χ1) is 9.24. The number of hydrogen-bond acceptors (Lipinski definition) is 4. The summed E-state index contributed by atoms with van der Waals surface area (Å²) in [4.78, 5) is 1.21. The van der Waals surface area contributed by atoms with Gasteiger partial charge in [0.15, 0.2) is 11.5 Å². The second-order valence-electron chi connectivity index (χ2n) is 4.05. The number of phenolic OH excluding ortho intramolecular Hbond substituents is 1. The fourth-order valence-electron chi connectivity index (χ4n) is 1.81. The van der Waals surface area contributed by atoms with Crippen LogP contribution < -0.4 is 10.1 Å². The van der Waals surface area contributed by atoms with Crippen LogP contribution in [-0.4, -0.2) is 18.5 Å². The zero-order valence-corrected chi connectivity index (χ0v) is 11.8. The van der Waals surface area contributed by atoms with E-state index in [4.69, 9.17) is 4.74 Å². The lowest BCUT2D eigenvalue weighted by molar-refractivity contribution is 0.371. The Balaban J connectivity index is 2.10. The smallest absolute Gasteiger partial charge is 0.162 e. The molecule has 0 unspecified atom stereocenters. The van der Waals surface area contributed by atoms with E-state index in [1.54, 1.807) is 24.9 Å². The quantitative estimate of drug-likeness (QED) is 0.816. The molecule has 2 aromatic rings. The first kappa shape index (κ1) is 13.6. The maximum absolute atomic E-state index is 10.00. The van der Waals surface area contributed by atoms with Gasteiger partial charge < -0.3 is 15.2 Å². The van der Waals surface area contributed by atoms with Gasteiger partial charge in [0.1, 0.15) is 0 Å². The molecular formula is C15H17NO2S. The Labute approximate surface area is 117 Å². The van der Waals surface area contributed by atoms with Crippen LogP contribution in [0.5, 0.6) is 11.5 Å². The van der Waals surface area contributed by atoms with Gasteiger partial charge in [-0.2, -0.15) is 0 Å². The van der Waals surface area contributed by atoms with E-state index in [1.165, 1.54) is 4.90 Å². The van der Waals surface area contributed by atoms with Gasteiger partial charge in [0.2, 0.25) is 0 Å². The van der Waals surface area contributed by atoms with Gasteiger partial charge in [0.05, 0.1) is 7.11 Å². The maximum Gasteiger partial charge on any atom is 0.162 e. The van der Waals surface area contributed by atoms with Crippen LogP contribution in [0.2, 0.25) is 0 Å². The molecule has 0 spiro atoms. The third-order valence-electron chi connectivity index (χ3n) is 2.86. The number of aromatic hydroxyl groups is 1. The van der Waals surface area contributed by atoms with Crippen molar-refractivity contribution >= 4 is 17.4 Å². The number of hydrogen-bond donors (Lipinski definition) is 2. The number of anilines is 1. The lowest BCUT2D eigenvalue weighted by atomic mass is 10.2. The number of thioether (sulfide) groups is 1. The van der Waals surface area contributed by atoms with Gasteiger partial charge in [-0.3, -0.25) is 0 Å². The number of benzene rings is 2. The topological polar surface area (TPSA) is 41.5 Å². The maximum atomic E-state index is 10.00. The minimum absolute atomic E-state index is 0.193. The number of phenols is 1. The standard InChI is InChI=1S/C15H17NO2S/c1-18-14-8-3-5-11(15(14)17)10-16-12-6-4-7-13(9-12)19-2/h3-9,16-17H,10H2,1-2H3. The third kappa shape index (κ3) is 3.35. The molecule has 0 fully saturated rings. The minimum atomic E-state index is 0.193. The normalized spacial score (nSPS) is 10.2. The Morgan fingerprint density at radius 2 is 2.00 bits per heavy atom. The molecule has 0 atom stereocenters. The van der Waals surface area contributed by atoms with E-state index in [1.807, 2.05) is 30.5 Å². The Bertz CT molecular complexity index is 558. The summed E-state index contributed by atoms with van der Waals surface area (Å²) >= 11 is 1.70. The van der Waals surface area contributed by atoms with Gasteiger partial charge >= 0.3 is 0 Å². The largest absolute Gasteiger partial charge is 0.504 e. The summed E-state index contributed by atoms with van der Waals surface area (Å²) in [5, 5.41) is 13.3. The molecule has 0 amide bonds. The summed E-state index contributed by atoms with van der Waals surface area (Å²) in [7, 11) is 1.55. The van der Waals surface area contributed by atoms with Gasteiger partial charge in [-0.15, -0.1) is 11.8 Å². The van der Waals surface area contributed by atoms with Crippen LogP contribution in [0.4, 0.5) is 5.69 Å². The highest BCUT2D eigenvalue weighted by Gasteiger charge is 2.06. The van der Waals surface area contributed by atoms with Crippen LogP contribution in [-0.2, 0) is 6.54 Å². The van der Waals surface area contributed by atoms with Crippen LogP contribution in [0.1, 0.15) is 5.56 Å².